The van der Waals surface area contributed by atoms with Crippen molar-refractivity contribution in [2.75, 3.05) is 17.2 Å². The number of hydrogen-bond donors (Lipinski definition) is 2. The number of carbonyl (C=O) groups is 2. The van der Waals surface area contributed by atoms with Crippen molar-refractivity contribution in [1.29, 1.82) is 0 Å². The van der Waals surface area contributed by atoms with E-state index in [-0.39, 0.29) is 30.9 Å². The Morgan fingerprint density at radius 2 is 1.96 bits per heavy atom. The average molecular weight is 398 g/mol. The number of aromatic nitrogens is 3. The number of hydrogen-bond acceptors (Lipinski definition) is 5. The van der Waals surface area contributed by atoms with E-state index in [1.54, 1.807) is 41.1 Å². The predicted molar refractivity (Wildman–Crippen MR) is 103 cm³/mol. The van der Waals surface area contributed by atoms with Crippen molar-refractivity contribution < 1.29 is 14.3 Å². The molecule has 2 amide bonds. The maximum atomic E-state index is 12.0. The summed E-state index contributed by atoms with van der Waals surface area (Å²) in [6.07, 6.45) is 1.69. The van der Waals surface area contributed by atoms with E-state index in [0.29, 0.717) is 22.4 Å². The maximum absolute atomic E-state index is 12.0. The zero-order chi connectivity index (χ0) is 19.5. The van der Waals surface area contributed by atoms with Crippen LogP contribution in [0.5, 0.6) is 5.75 Å². The van der Waals surface area contributed by atoms with Crippen LogP contribution in [-0.4, -0.2) is 33.2 Å². The first kappa shape index (κ1) is 18.0. The van der Waals surface area contributed by atoms with Crippen LogP contribution in [0.15, 0.2) is 54.9 Å². The van der Waals surface area contributed by atoms with E-state index in [2.05, 4.69) is 20.7 Å². The summed E-state index contributed by atoms with van der Waals surface area (Å²) in [6.45, 7) is -0.124. The minimum atomic E-state index is -0.275. The molecule has 4 rings (SSSR count). The summed E-state index contributed by atoms with van der Waals surface area (Å²) in [6, 6.07) is 13.8. The summed E-state index contributed by atoms with van der Waals surface area (Å²) < 4.78 is 7.21. The Bertz CT molecular complexity index is 1000. The minimum absolute atomic E-state index is 0.107. The lowest BCUT2D eigenvalue weighted by Gasteiger charge is -2.23. The Labute approximate surface area is 165 Å². The number of rotatable bonds is 5. The molecule has 0 unspecified atom stereocenters. The third-order valence-corrected chi connectivity index (χ3v) is 4.51. The first-order chi connectivity index (χ1) is 13.6. The topological polar surface area (TPSA) is 98.1 Å². The standard InChI is InChI=1S/C19H16ClN5O3/c20-13-3-5-14(6-4-13)23-18(27)10-28-15-7-1-12(2-8-15)16-9-17(26)24-19-21-11-22-25(16)19/h1-8,11,16H,9-10H2,(H,23,27)(H,21,22,24,26)/t16-/m0/s1. The largest absolute Gasteiger partial charge is 0.484 e. The van der Waals surface area contributed by atoms with Crippen LogP contribution >= 0.6 is 11.6 Å². The van der Waals surface area contributed by atoms with Crippen LogP contribution in [0.4, 0.5) is 11.6 Å². The Morgan fingerprint density at radius 1 is 1.21 bits per heavy atom. The second-order valence-electron chi connectivity index (χ2n) is 6.21. The lowest BCUT2D eigenvalue weighted by atomic mass is 10.0. The summed E-state index contributed by atoms with van der Waals surface area (Å²) in [7, 11) is 0. The summed E-state index contributed by atoms with van der Waals surface area (Å²) >= 11 is 5.82. The first-order valence-electron chi connectivity index (χ1n) is 8.56. The molecule has 28 heavy (non-hydrogen) atoms. The summed E-state index contributed by atoms with van der Waals surface area (Å²) in [4.78, 5) is 27.9. The van der Waals surface area contributed by atoms with E-state index >= 15 is 0 Å². The van der Waals surface area contributed by atoms with Crippen molar-refractivity contribution in [3.05, 3.63) is 65.4 Å². The van der Waals surface area contributed by atoms with E-state index in [1.165, 1.54) is 6.33 Å². The smallest absolute Gasteiger partial charge is 0.262 e. The van der Waals surface area contributed by atoms with Gasteiger partial charge in [-0.1, -0.05) is 23.7 Å². The molecule has 9 heteroatoms. The van der Waals surface area contributed by atoms with Crippen molar-refractivity contribution >= 4 is 35.1 Å². The molecule has 2 aromatic carbocycles. The molecule has 1 aliphatic rings. The summed E-state index contributed by atoms with van der Waals surface area (Å²) in [5, 5.41) is 10.2. The number of carbonyl (C=O) groups excluding carboxylic acids is 2. The molecule has 0 bridgehead atoms. The summed E-state index contributed by atoms with van der Waals surface area (Å²) in [5.74, 6) is 0.599. The molecule has 2 N–H and O–H groups in total. The van der Waals surface area contributed by atoms with Gasteiger partial charge in [0.05, 0.1) is 12.5 Å². The lowest BCUT2D eigenvalue weighted by molar-refractivity contribution is -0.118. The van der Waals surface area contributed by atoms with Gasteiger partial charge < -0.3 is 10.1 Å². The molecule has 0 fully saturated rings. The second kappa shape index (κ2) is 7.69. The Morgan fingerprint density at radius 3 is 2.71 bits per heavy atom. The molecule has 0 spiro atoms. The number of nitrogens with one attached hydrogen (secondary N) is 2. The third kappa shape index (κ3) is 3.96. The highest BCUT2D eigenvalue weighted by molar-refractivity contribution is 6.30. The lowest BCUT2D eigenvalue weighted by Crippen LogP contribution is -2.29. The molecular weight excluding hydrogens is 382 g/mol. The molecule has 3 aromatic rings. The van der Waals surface area contributed by atoms with E-state index in [1.807, 2.05) is 12.1 Å². The molecule has 0 saturated heterocycles. The summed E-state index contributed by atoms with van der Waals surface area (Å²) in [5.41, 5.74) is 1.55. The SMILES string of the molecule is O=C(COc1ccc([C@@H]2CC(=O)Nc3ncnn32)cc1)Nc1ccc(Cl)cc1. The first-order valence-corrected chi connectivity index (χ1v) is 8.94. The van der Waals surface area contributed by atoms with Gasteiger partial charge in [-0.2, -0.15) is 10.1 Å². The van der Waals surface area contributed by atoms with Crippen LogP contribution < -0.4 is 15.4 Å². The molecule has 142 valence electrons. The van der Waals surface area contributed by atoms with Gasteiger partial charge in [-0.15, -0.1) is 0 Å². The molecule has 1 aliphatic heterocycles. The Balaban J connectivity index is 1.37. The maximum Gasteiger partial charge on any atom is 0.262 e. The number of anilines is 2. The van der Waals surface area contributed by atoms with E-state index in [9.17, 15) is 9.59 Å². The van der Waals surface area contributed by atoms with Crippen molar-refractivity contribution in [2.45, 2.75) is 12.5 Å². The van der Waals surface area contributed by atoms with Gasteiger partial charge in [0.25, 0.3) is 5.91 Å². The third-order valence-electron chi connectivity index (χ3n) is 4.26. The molecular formula is C19H16ClN5O3. The number of nitrogens with zero attached hydrogens (tertiary/aromatic N) is 3. The fourth-order valence-corrected chi connectivity index (χ4v) is 3.06. The highest BCUT2D eigenvalue weighted by Gasteiger charge is 2.27. The monoisotopic (exact) mass is 397 g/mol. The van der Waals surface area contributed by atoms with Crippen LogP contribution in [0.1, 0.15) is 18.0 Å². The molecule has 0 saturated carbocycles. The van der Waals surface area contributed by atoms with Crippen LogP contribution in [0, 0.1) is 0 Å². The zero-order valence-corrected chi connectivity index (χ0v) is 15.4. The number of benzene rings is 2. The van der Waals surface area contributed by atoms with E-state index in [0.717, 1.165) is 5.56 Å². The fraction of sp³-hybridized carbons (Fsp3) is 0.158. The van der Waals surface area contributed by atoms with Crippen molar-refractivity contribution in [1.82, 2.24) is 14.8 Å². The van der Waals surface area contributed by atoms with Crippen LogP contribution in [0.3, 0.4) is 0 Å². The zero-order valence-electron chi connectivity index (χ0n) is 14.6. The number of ether oxygens (including phenoxy) is 1. The van der Waals surface area contributed by atoms with E-state index in [4.69, 9.17) is 16.3 Å². The normalized spacial score (nSPS) is 15.5. The van der Waals surface area contributed by atoms with Crippen molar-refractivity contribution in [2.24, 2.45) is 0 Å². The number of halogens is 1. The molecule has 0 aliphatic carbocycles. The van der Waals surface area contributed by atoms with Crippen molar-refractivity contribution in [3.8, 4) is 5.75 Å². The quantitative estimate of drug-likeness (QED) is 0.689. The van der Waals surface area contributed by atoms with Crippen LogP contribution in [0.25, 0.3) is 0 Å². The number of fused-ring (bicyclic) bond motifs is 1. The predicted octanol–water partition coefficient (Wildman–Crippen LogP) is 2.88. The number of amides is 2. The van der Waals surface area contributed by atoms with E-state index < -0.39 is 0 Å². The van der Waals surface area contributed by atoms with Gasteiger partial charge in [0.2, 0.25) is 11.9 Å². The molecule has 1 atom stereocenters. The van der Waals surface area contributed by atoms with Gasteiger partial charge in [0.1, 0.15) is 12.1 Å². The van der Waals surface area contributed by atoms with Gasteiger partial charge in [0.15, 0.2) is 6.61 Å². The molecule has 8 nitrogen and oxygen atoms in total. The van der Waals surface area contributed by atoms with Gasteiger partial charge >= 0.3 is 0 Å². The molecule has 2 heterocycles. The second-order valence-corrected chi connectivity index (χ2v) is 6.65. The van der Waals surface area contributed by atoms with Gasteiger partial charge in [-0.25, -0.2) is 4.68 Å². The minimum Gasteiger partial charge on any atom is -0.484 e. The van der Waals surface area contributed by atoms with Crippen LogP contribution in [-0.2, 0) is 9.59 Å². The van der Waals surface area contributed by atoms with Crippen molar-refractivity contribution in [3.63, 3.8) is 0 Å². The highest BCUT2D eigenvalue weighted by Crippen LogP contribution is 2.29. The average Bonchev–Trinajstić information content (AvgIpc) is 3.16. The van der Waals surface area contributed by atoms with Crippen LogP contribution in [0.2, 0.25) is 5.02 Å². The fourth-order valence-electron chi connectivity index (χ4n) is 2.93. The molecule has 1 aromatic heterocycles. The van der Waals surface area contributed by atoms with Gasteiger partial charge in [-0.05, 0) is 42.0 Å². The Hall–Kier alpha value is -3.39. The Kier molecular flexibility index (Phi) is 4.94. The highest BCUT2D eigenvalue weighted by atomic mass is 35.5. The van der Waals surface area contributed by atoms with Gasteiger partial charge in [0, 0.05) is 10.7 Å². The van der Waals surface area contributed by atoms with Gasteiger partial charge in [-0.3, -0.25) is 14.9 Å². The molecule has 0 radical (unpaired) electrons.